The summed E-state index contributed by atoms with van der Waals surface area (Å²) in [6.07, 6.45) is 0. The van der Waals surface area contributed by atoms with E-state index in [1.807, 2.05) is 0 Å². The van der Waals surface area contributed by atoms with E-state index in [4.69, 9.17) is 0 Å². The van der Waals surface area contributed by atoms with E-state index < -0.39 is 10.0 Å². The van der Waals surface area contributed by atoms with Crippen molar-refractivity contribution in [3.05, 3.63) is 53.6 Å². The molecule has 6 nitrogen and oxygen atoms in total. The first-order chi connectivity index (χ1) is 12.5. The van der Waals surface area contributed by atoms with Crippen molar-refractivity contribution in [3.63, 3.8) is 0 Å². The van der Waals surface area contributed by atoms with Crippen molar-refractivity contribution in [2.75, 3.05) is 26.2 Å². The lowest BCUT2D eigenvalue weighted by atomic mass is 10.1. The fourth-order valence-electron chi connectivity index (χ4n) is 3.33. The normalized spacial score (nSPS) is 17.0. The molecule has 4 rings (SSSR count). The lowest BCUT2D eigenvalue weighted by Gasteiger charge is -2.34. The molecule has 1 aliphatic heterocycles. The van der Waals surface area contributed by atoms with Crippen molar-refractivity contribution in [3.8, 4) is 0 Å². The Bertz CT molecular complexity index is 1020. The van der Waals surface area contributed by atoms with E-state index in [1.165, 1.54) is 11.1 Å². The van der Waals surface area contributed by atoms with Gasteiger partial charge in [-0.05, 0) is 24.6 Å². The minimum Gasteiger partial charge on any atom is -0.296 e. The van der Waals surface area contributed by atoms with Crippen molar-refractivity contribution in [2.45, 2.75) is 18.4 Å². The highest BCUT2D eigenvalue weighted by Crippen LogP contribution is 2.25. The lowest BCUT2D eigenvalue weighted by molar-refractivity contribution is 0.181. The van der Waals surface area contributed by atoms with Crippen LogP contribution in [0.5, 0.6) is 0 Å². The number of sulfonamides is 1. The number of hydrogen-bond donors (Lipinski definition) is 0. The van der Waals surface area contributed by atoms with Gasteiger partial charge in [0.15, 0.2) is 0 Å². The highest BCUT2D eigenvalue weighted by atomic mass is 32.2. The fourth-order valence-corrected chi connectivity index (χ4v) is 5.50. The Morgan fingerprint density at radius 3 is 2.58 bits per heavy atom. The molecule has 1 aromatic heterocycles. The van der Waals surface area contributed by atoms with Gasteiger partial charge in [0.25, 0.3) is 0 Å². The van der Waals surface area contributed by atoms with Crippen molar-refractivity contribution < 1.29 is 8.42 Å². The van der Waals surface area contributed by atoms with Crippen LogP contribution < -0.4 is 0 Å². The monoisotopic (exact) mass is 388 g/mol. The zero-order valence-corrected chi connectivity index (χ0v) is 16.1. The zero-order chi connectivity index (χ0) is 18.1. The average molecular weight is 389 g/mol. The van der Waals surface area contributed by atoms with Crippen LogP contribution in [0, 0.1) is 6.92 Å². The van der Waals surface area contributed by atoms with Crippen LogP contribution in [0.1, 0.15) is 11.1 Å². The van der Waals surface area contributed by atoms with Gasteiger partial charge in [0.2, 0.25) is 10.0 Å². The number of rotatable bonds is 4. The maximum absolute atomic E-state index is 13.1. The molecular weight excluding hydrogens is 368 g/mol. The molecule has 0 N–H and O–H groups in total. The van der Waals surface area contributed by atoms with Gasteiger partial charge in [-0.1, -0.05) is 35.9 Å². The first-order valence-corrected chi connectivity index (χ1v) is 10.7. The molecule has 0 saturated carbocycles. The van der Waals surface area contributed by atoms with Crippen LogP contribution >= 0.6 is 11.7 Å². The topological polar surface area (TPSA) is 66.4 Å². The zero-order valence-electron chi connectivity index (χ0n) is 14.5. The number of fused-ring (bicyclic) bond motifs is 1. The first kappa shape index (κ1) is 17.5. The fraction of sp³-hybridized carbons (Fsp3) is 0.333. The van der Waals surface area contributed by atoms with Crippen LogP contribution in [0.4, 0.5) is 0 Å². The second kappa shape index (κ2) is 7.03. The second-order valence-electron chi connectivity index (χ2n) is 6.56. The van der Waals surface area contributed by atoms with Gasteiger partial charge in [0.05, 0.1) is 11.7 Å². The molecule has 0 bridgehead atoms. The number of benzene rings is 2. The Kier molecular flexibility index (Phi) is 4.74. The molecule has 1 saturated heterocycles. The predicted octanol–water partition coefficient (Wildman–Crippen LogP) is 2.51. The van der Waals surface area contributed by atoms with E-state index in [2.05, 4.69) is 44.8 Å². The molecule has 1 aliphatic rings. The van der Waals surface area contributed by atoms with E-state index >= 15 is 0 Å². The minimum atomic E-state index is -3.55. The van der Waals surface area contributed by atoms with Crippen molar-refractivity contribution >= 4 is 32.8 Å². The van der Waals surface area contributed by atoms with Crippen LogP contribution in [0.3, 0.4) is 0 Å². The maximum Gasteiger partial charge on any atom is 0.245 e. The van der Waals surface area contributed by atoms with Gasteiger partial charge in [0, 0.05) is 32.7 Å². The van der Waals surface area contributed by atoms with E-state index in [1.54, 1.807) is 22.5 Å². The van der Waals surface area contributed by atoms with E-state index in [0.29, 0.717) is 24.1 Å². The average Bonchev–Trinajstić information content (AvgIpc) is 3.11. The number of nitrogens with zero attached hydrogens (tertiary/aromatic N) is 4. The van der Waals surface area contributed by atoms with Gasteiger partial charge >= 0.3 is 0 Å². The number of piperazine rings is 1. The molecule has 136 valence electrons. The van der Waals surface area contributed by atoms with Gasteiger partial charge in [-0.25, -0.2) is 8.42 Å². The molecule has 0 radical (unpaired) electrons. The summed E-state index contributed by atoms with van der Waals surface area (Å²) in [6, 6.07) is 13.6. The lowest BCUT2D eigenvalue weighted by Crippen LogP contribution is -2.48. The smallest absolute Gasteiger partial charge is 0.245 e. The quantitative estimate of drug-likeness (QED) is 0.687. The van der Waals surface area contributed by atoms with Gasteiger partial charge in [-0.2, -0.15) is 13.1 Å². The summed E-state index contributed by atoms with van der Waals surface area (Å²) in [7, 11) is -3.55. The molecule has 0 spiro atoms. The molecule has 8 heteroatoms. The number of hydrogen-bond acceptors (Lipinski definition) is 6. The summed E-state index contributed by atoms with van der Waals surface area (Å²) in [4.78, 5) is 2.56. The van der Waals surface area contributed by atoms with Crippen LogP contribution in [-0.4, -0.2) is 52.5 Å². The number of aryl methyl sites for hydroxylation is 1. The van der Waals surface area contributed by atoms with Crippen molar-refractivity contribution in [1.82, 2.24) is 18.0 Å². The molecule has 3 aromatic rings. The summed E-state index contributed by atoms with van der Waals surface area (Å²) in [5, 5.41) is 0. The van der Waals surface area contributed by atoms with Crippen molar-refractivity contribution in [1.29, 1.82) is 0 Å². The third kappa shape index (κ3) is 3.37. The van der Waals surface area contributed by atoms with Gasteiger partial charge in [0.1, 0.15) is 15.9 Å². The number of aromatic nitrogens is 2. The molecule has 0 amide bonds. The Hall–Kier alpha value is -1.87. The first-order valence-electron chi connectivity index (χ1n) is 8.53. The van der Waals surface area contributed by atoms with E-state index in [9.17, 15) is 8.42 Å². The predicted molar refractivity (Wildman–Crippen MR) is 103 cm³/mol. The SMILES string of the molecule is Cc1cccc(CN2CCN(S(=O)(=O)c3cccc4nsnc34)CC2)c1. The highest BCUT2D eigenvalue weighted by molar-refractivity contribution is 7.89. The highest BCUT2D eigenvalue weighted by Gasteiger charge is 2.30. The third-order valence-corrected chi connectivity index (χ3v) is 7.16. The van der Waals surface area contributed by atoms with Crippen LogP contribution in [0.25, 0.3) is 11.0 Å². The Balaban J connectivity index is 1.48. The molecule has 2 aromatic carbocycles. The summed E-state index contributed by atoms with van der Waals surface area (Å²) < 4.78 is 36.0. The largest absolute Gasteiger partial charge is 0.296 e. The summed E-state index contributed by atoms with van der Waals surface area (Å²) in [5.74, 6) is 0. The van der Waals surface area contributed by atoms with Crippen LogP contribution in [-0.2, 0) is 16.6 Å². The summed E-state index contributed by atoms with van der Waals surface area (Å²) in [6.45, 7) is 5.35. The Morgan fingerprint density at radius 1 is 1.04 bits per heavy atom. The molecule has 1 fully saturated rings. The van der Waals surface area contributed by atoms with Gasteiger partial charge in [-0.3, -0.25) is 4.90 Å². The van der Waals surface area contributed by atoms with E-state index in [0.717, 1.165) is 31.4 Å². The van der Waals surface area contributed by atoms with E-state index in [-0.39, 0.29) is 4.90 Å². The van der Waals surface area contributed by atoms with Crippen molar-refractivity contribution in [2.24, 2.45) is 0 Å². The van der Waals surface area contributed by atoms with Gasteiger partial charge in [-0.15, -0.1) is 0 Å². The Labute approximate surface area is 157 Å². The summed E-state index contributed by atoms with van der Waals surface area (Å²) in [5.41, 5.74) is 3.61. The molecule has 0 unspecified atom stereocenters. The second-order valence-corrected chi connectivity index (χ2v) is 8.99. The molecule has 0 atom stereocenters. The van der Waals surface area contributed by atoms with Crippen LogP contribution in [0.2, 0.25) is 0 Å². The molecule has 0 aliphatic carbocycles. The standard InChI is InChI=1S/C18H20N4O2S2/c1-14-4-2-5-15(12-14)13-21-8-10-22(11-9-21)26(23,24)17-7-3-6-16-18(17)20-25-19-16/h2-7,12H,8-11,13H2,1H3. The van der Waals surface area contributed by atoms with Gasteiger partial charge < -0.3 is 0 Å². The maximum atomic E-state index is 13.1. The molecular formula is C18H20N4O2S2. The minimum absolute atomic E-state index is 0.260. The summed E-state index contributed by atoms with van der Waals surface area (Å²) >= 11 is 1.04. The van der Waals surface area contributed by atoms with Crippen LogP contribution in [0.15, 0.2) is 47.4 Å². The molecule has 2 heterocycles. The Morgan fingerprint density at radius 2 is 1.81 bits per heavy atom. The third-order valence-electron chi connectivity index (χ3n) is 4.69. The molecule has 26 heavy (non-hydrogen) atoms.